The number of carboxylic acid groups (broad SMARTS) is 3. The van der Waals surface area contributed by atoms with Gasteiger partial charge in [-0.25, -0.2) is 59.2 Å². The summed E-state index contributed by atoms with van der Waals surface area (Å²) in [7, 11) is 1.71. The van der Waals surface area contributed by atoms with Crippen molar-refractivity contribution in [3.63, 3.8) is 0 Å². The Morgan fingerprint density at radius 1 is 0.444 bits per heavy atom. The number of urea groups is 3. The minimum atomic E-state index is -0.970. The molecule has 3 aromatic carbocycles. The van der Waals surface area contributed by atoms with Gasteiger partial charge in [0.1, 0.15) is 73.9 Å². The van der Waals surface area contributed by atoms with E-state index < -0.39 is 128 Å². The number of imidazole rings is 3. The molecule has 0 bridgehead atoms. The van der Waals surface area contributed by atoms with E-state index in [2.05, 4.69) is 87.4 Å². The van der Waals surface area contributed by atoms with E-state index in [1.54, 1.807) is 44.6 Å². The molecule has 6 aromatic heterocycles. The smallest absolute Gasteiger partial charge is 0.320 e. The molecule has 12 unspecified atom stereocenters. The number of carboxylic acids is 3. The molecule has 12 heterocycles. The van der Waals surface area contributed by atoms with Gasteiger partial charge >= 0.3 is 36.0 Å². The lowest BCUT2D eigenvalue weighted by molar-refractivity contribution is -0.152. The first kappa shape index (κ1) is 75.0. The molecular weight excluding hydrogens is 1410 g/mol. The molecular formula is C69H79N21O18. The zero-order valence-electron chi connectivity index (χ0n) is 58.6. The van der Waals surface area contributed by atoms with E-state index >= 15 is 0 Å². The maximum absolute atomic E-state index is 12.0. The molecule has 6 saturated heterocycles. The third-order valence-electron chi connectivity index (χ3n) is 17.7. The van der Waals surface area contributed by atoms with Crippen LogP contribution in [0, 0.1) is 0 Å². The van der Waals surface area contributed by atoms with Crippen molar-refractivity contribution >= 4 is 93.0 Å². The molecule has 6 aliphatic heterocycles. The highest BCUT2D eigenvalue weighted by atomic mass is 16.8. The normalized spacial score (nSPS) is 25.2. The Hall–Kier alpha value is -11.2. The Balaban J connectivity index is 0.000000143. The number of rotatable bonds is 25. The zero-order chi connectivity index (χ0) is 75.4. The number of carbonyl (C=O) groups excluding carboxylic acids is 3. The van der Waals surface area contributed by atoms with Gasteiger partial charge in [0.05, 0.1) is 38.6 Å². The van der Waals surface area contributed by atoms with Crippen molar-refractivity contribution in [1.82, 2.24) is 90.0 Å². The Labute approximate surface area is 614 Å². The third kappa shape index (κ3) is 17.3. The summed E-state index contributed by atoms with van der Waals surface area (Å²) in [4.78, 5) is 110. The molecule has 11 N–H and O–H groups in total. The molecule has 0 saturated carbocycles. The fourth-order valence-corrected chi connectivity index (χ4v) is 13.1. The van der Waals surface area contributed by atoms with Gasteiger partial charge in [0.25, 0.3) is 0 Å². The van der Waals surface area contributed by atoms with Crippen molar-refractivity contribution in [3.05, 3.63) is 152 Å². The van der Waals surface area contributed by atoms with Gasteiger partial charge in [-0.05, 0) is 39.5 Å². The van der Waals surface area contributed by atoms with Crippen molar-refractivity contribution in [2.45, 2.75) is 113 Å². The van der Waals surface area contributed by atoms with Gasteiger partial charge in [-0.2, -0.15) is 0 Å². The monoisotopic (exact) mass is 1490 g/mol. The average molecular weight is 1490 g/mol. The molecule has 6 fully saturated rings. The molecule has 6 amide bonds. The summed E-state index contributed by atoms with van der Waals surface area (Å²) in [6.45, 7) is 7.08. The van der Waals surface area contributed by atoms with E-state index in [-0.39, 0.29) is 50.2 Å². The molecule has 39 heteroatoms. The number of aromatic nitrogens is 12. The first-order valence-electron chi connectivity index (χ1n) is 34.7. The lowest BCUT2D eigenvalue weighted by atomic mass is 10.1. The Bertz CT molecular complexity index is 4640. The van der Waals surface area contributed by atoms with Crippen molar-refractivity contribution in [3.8, 4) is 0 Å². The lowest BCUT2D eigenvalue weighted by Gasteiger charge is -2.24. The van der Waals surface area contributed by atoms with E-state index in [1.807, 2.05) is 124 Å². The van der Waals surface area contributed by atoms with E-state index in [0.717, 1.165) is 16.7 Å². The second-order valence-electron chi connectivity index (χ2n) is 25.2. The summed E-state index contributed by atoms with van der Waals surface area (Å²) < 4.78 is 61.5. The number of likely N-dealkylation sites (N-methyl/N-ethyl adjacent to an activating group) is 1. The molecule has 15 atom stereocenters. The zero-order valence-corrected chi connectivity index (χ0v) is 58.6. The Morgan fingerprint density at radius 3 is 1.20 bits per heavy atom. The van der Waals surface area contributed by atoms with Crippen LogP contribution in [0.3, 0.4) is 0 Å². The first-order valence-corrected chi connectivity index (χ1v) is 34.7. The molecule has 6 aliphatic rings. The van der Waals surface area contributed by atoms with Crippen molar-refractivity contribution in [1.29, 1.82) is 0 Å². The van der Waals surface area contributed by atoms with Crippen LogP contribution in [0.2, 0.25) is 0 Å². The lowest BCUT2D eigenvalue weighted by Crippen LogP contribution is -2.39. The van der Waals surface area contributed by atoms with Crippen molar-refractivity contribution < 1.29 is 86.7 Å². The molecule has 0 spiro atoms. The van der Waals surface area contributed by atoms with Gasteiger partial charge in [0, 0.05) is 50.4 Å². The number of benzene rings is 3. The summed E-state index contributed by atoms with van der Waals surface area (Å²) in [6, 6.07) is 27.7. The van der Waals surface area contributed by atoms with Gasteiger partial charge in [-0.15, -0.1) is 0 Å². The van der Waals surface area contributed by atoms with Crippen LogP contribution in [0.15, 0.2) is 135 Å². The number of aliphatic carboxylic acids is 3. The molecule has 15 rings (SSSR count). The van der Waals surface area contributed by atoms with Crippen LogP contribution in [0.25, 0.3) is 39.6 Å². The number of amides is 6. The van der Waals surface area contributed by atoms with Crippen LogP contribution in [0.4, 0.5) is 31.8 Å². The number of anilines is 3. The van der Waals surface area contributed by atoms with Crippen LogP contribution in [0.5, 0.6) is 0 Å². The minimum absolute atomic E-state index is 0.138. The Kier molecular flexibility index (Phi) is 24.0. The van der Waals surface area contributed by atoms with Gasteiger partial charge in [-0.3, -0.25) is 48.9 Å². The fraction of sp³-hybridized carbons (Fsp3) is 0.406. The molecule has 9 aromatic rings. The van der Waals surface area contributed by atoms with E-state index in [9.17, 15) is 33.9 Å². The Morgan fingerprint density at radius 2 is 0.806 bits per heavy atom. The summed E-state index contributed by atoms with van der Waals surface area (Å²) >= 11 is 0. The van der Waals surface area contributed by atoms with Crippen LogP contribution < -0.4 is 42.5 Å². The average Bonchev–Trinajstić information content (AvgIpc) is 1.61. The van der Waals surface area contributed by atoms with Gasteiger partial charge in [0.2, 0.25) is 0 Å². The van der Waals surface area contributed by atoms with Crippen molar-refractivity contribution in [2.75, 3.05) is 81.9 Å². The van der Waals surface area contributed by atoms with Crippen LogP contribution in [-0.4, -0.2) is 242 Å². The highest BCUT2D eigenvalue weighted by molar-refractivity contribution is 5.97. The van der Waals surface area contributed by atoms with Crippen molar-refractivity contribution in [2.24, 2.45) is 0 Å². The number of carbonyl (C=O) groups is 6. The summed E-state index contributed by atoms with van der Waals surface area (Å²) in [5, 5.41) is 48.9. The third-order valence-corrected chi connectivity index (χ3v) is 17.7. The standard InChI is InChI=1S/C24H27N7O6.C23H27N7O6.C22H25N7O6/c1-2-26-24(34)30-21-18-22(28-12-27-21)31(13-29-18)23-20-19(15(35-23)10-25-11-16(32)33)36-17(37-20)9-8-14-6-4-3-5-7-14;1-3-24-23(33)28-19-16-20(26-11-25-19)30(12-27-16)21-18-17(14(34-21)9-29(2)10-15(31)32)35-22(36-18)13-7-5-4-6-8-13;1-2-24-22(32)28-18-15-19(26-10-25-18)29(11-27-15)20-17-16(13(33-20)8-23-9-14(30)31)34-21(35-17)12-6-4-3-5-7-12/h3-9,12-13,15,17,19-20,23,25H,2,10-11H2,1H3,(H,32,33)(H2,26,27,28,30,34);4-8,11-12,14,17-18,21-22H,3,9-10H2,1-2H3,(H,31,32)(H2,24,25,26,28,33);3-7,10-11,13,16-17,20-21,23H,2,8-9H2,1H3,(H,30,31)(H2,24,25,26,28,32)/b9-8+;;/t15?,17-,19?,20?,23?;14?,17?,18?,21?,22-;13?,16?,17?,20?,21-/m000/s1. The number of ether oxygens (including phenoxy) is 9. The first-order chi connectivity index (χ1) is 52.5. The second kappa shape index (κ2) is 34.6. The molecule has 39 nitrogen and oxygen atoms in total. The van der Waals surface area contributed by atoms with Gasteiger partial charge in [-0.1, -0.05) is 97.1 Å². The van der Waals surface area contributed by atoms with Gasteiger partial charge < -0.3 is 84.5 Å². The predicted molar refractivity (Wildman–Crippen MR) is 379 cm³/mol. The summed E-state index contributed by atoms with van der Waals surface area (Å²) in [5.74, 6) is -2.08. The van der Waals surface area contributed by atoms with E-state index in [0.29, 0.717) is 59.7 Å². The predicted octanol–water partition coefficient (Wildman–Crippen LogP) is 3.75. The van der Waals surface area contributed by atoms with E-state index in [1.165, 1.54) is 19.0 Å². The maximum atomic E-state index is 12.0. The van der Waals surface area contributed by atoms with Crippen LogP contribution in [0.1, 0.15) is 68.7 Å². The summed E-state index contributed by atoms with van der Waals surface area (Å²) in [6.07, 6.45) is 4.27. The number of nitrogens with one attached hydrogen (secondary N) is 8. The minimum Gasteiger partial charge on any atom is -0.480 e. The highest BCUT2D eigenvalue weighted by Gasteiger charge is 2.57. The number of fused-ring (bicyclic) bond motifs is 6. The topological polar surface area (TPSA) is 476 Å². The second-order valence-corrected chi connectivity index (χ2v) is 25.2. The van der Waals surface area contributed by atoms with Gasteiger partial charge in [0.15, 0.2) is 88.5 Å². The molecule has 108 heavy (non-hydrogen) atoms. The highest BCUT2D eigenvalue weighted by Crippen LogP contribution is 2.47. The molecule has 0 radical (unpaired) electrons. The van der Waals surface area contributed by atoms with Crippen LogP contribution in [-0.2, 0) is 57.0 Å². The number of nitrogens with zero attached hydrogens (tertiary/aromatic N) is 13. The van der Waals surface area contributed by atoms with E-state index in [4.69, 9.17) is 52.8 Å². The molecule has 568 valence electrons. The van der Waals surface area contributed by atoms with Crippen LogP contribution >= 0.6 is 0 Å². The molecule has 0 aliphatic carbocycles. The largest absolute Gasteiger partial charge is 0.480 e. The quantitative estimate of drug-likeness (QED) is 0.0388. The number of hydrogen-bond acceptors (Lipinski definition) is 27. The number of hydrogen-bond donors (Lipinski definition) is 11. The fourth-order valence-electron chi connectivity index (χ4n) is 13.1. The maximum Gasteiger partial charge on any atom is 0.320 e. The summed E-state index contributed by atoms with van der Waals surface area (Å²) in [5.41, 5.74) is 5.26. The SMILES string of the molecule is CCNC(=O)Nc1ncnc2c1ncn2C1OC(CN(C)CC(=O)O)C2O[C@H](c3ccccc3)OC21.CCNC(=O)Nc1ncnc2c1ncn2C1OC(CNCC(=O)O)C2O[C@H](/C=C/c3ccccc3)OC21.CCNC(=O)Nc1ncnc2c1ncn2C1OC(CNCC(=O)O)C2O[C@H](c3ccccc3)OC21.